The number of nitrogens with zero attached hydrogens (tertiary/aromatic N) is 1. The third kappa shape index (κ3) is 10.4. The first-order valence-corrected chi connectivity index (χ1v) is 6.34. The average molecular weight is 219 g/mol. The Labute approximate surface area is 94.1 Å². The normalized spacial score (nSPS) is 11.1. The highest BCUT2D eigenvalue weighted by atomic mass is 32.1. The molecular weight excluding hydrogens is 194 g/mol. The van der Waals surface area contributed by atoms with Crippen LogP contribution in [0.5, 0.6) is 0 Å². The lowest BCUT2D eigenvalue weighted by Gasteiger charge is -2.15. The van der Waals surface area contributed by atoms with Gasteiger partial charge in [0.15, 0.2) is 0 Å². The minimum Gasteiger partial charge on any atom is -0.396 e. The van der Waals surface area contributed by atoms with Crippen LogP contribution in [0, 0.1) is 0 Å². The highest BCUT2D eigenvalue weighted by Crippen LogP contribution is 2.01. The van der Waals surface area contributed by atoms with Crippen molar-refractivity contribution < 1.29 is 5.11 Å². The Balaban J connectivity index is 3.07. The molecule has 0 aliphatic carbocycles. The van der Waals surface area contributed by atoms with Crippen LogP contribution in [-0.4, -0.2) is 42.5 Å². The molecule has 0 saturated carbocycles. The first-order chi connectivity index (χ1) is 6.81. The van der Waals surface area contributed by atoms with Crippen molar-refractivity contribution >= 4 is 12.6 Å². The Morgan fingerprint density at radius 1 is 0.929 bits per heavy atom. The maximum atomic E-state index is 8.61. The molecule has 0 aromatic carbocycles. The lowest BCUT2D eigenvalue weighted by molar-refractivity contribution is 0.271. The van der Waals surface area contributed by atoms with Gasteiger partial charge in [0.25, 0.3) is 0 Å². The summed E-state index contributed by atoms with van der Waals surface area (Å²) in [7, 11) is 2.18. The van der Waals surface area contributed by atoms with Gasteiger partial charge < -0.3 is 10.0 Å². The molecule has 0 amide bonds. The van der Waals surface area contributed by atoms with Gasteiger partial charge in [-0.2, -0.15) is 12.6 Å². The molecule has 0 heterocycles. The molecular formula is C11H25NOS. The van der Waals surface area contributed by atoms with E-state index in [4.69, 9.17) is 5.11 Å². The predicted molar refractivity (Wildman–Crippen MR) is 66.1 cm³/mol. The molecule has 0 bridgehead atoms. The van der Waals surface area contributed by atoms with Crippen LogP contribution in [0.15, 0.2) is 0 Å². The fourth-order valence-corrected chi connectivity index (χ4v) is 1.68. The summed E-state index contributed by atoms with van der Waals surface area (Å²) in [6, 6.07) is 0. The summed E-state index contributed by atoms with van der Waals surface area (Å²) in [4.78, 5) is 2.38. The summed E-state index contributed by atoms with van der Waals surface area (Å²) in [6.45, 7) is 2.71. The fraction of sp³-hybridized carbons (Fsp3) is 1.00. The minimum absolute atomic E-state index is 0.339. The molecule has 2 nitrogen and oxygen atoms in total. The summed E-state index contributed by atoms with van der Waals surface area (Å²) in [5.41, 5.74) is 0. The van der Waals surface area contributed by atoms with Crippen LogP contribution in [0.4, 0.5) is 0 Å². The molecule has 0 aromatic heterocycles. The molecule has 0 spiro atoms. The highest BCUT2D eigenvalue weighted by Gasteiger charge is 1.97. The first-order valence-electron chi connectivity index (χ1n) is 5.71. The van der Waals surface area contributed by atoms with E-state index >= 15 is 0 Å². The van der Waals surface area contributed by atoms with Crippen molar-refractivity contribution in [3.05, 3.63) is 0 Å². The average Bonchev–Trinajstić information content (AvgIpc) is 2.19. The van der Waals surface area contributed by atoms with Gasteiger partial charge in [-0.15, -0.1) is 0 Å². The number of rotatable bonds is 10. The van der Waals surface area contributed by atoms with Gasteiger partial charge in [-0.1, -0.05) is 6.42 Å². The van der Waals surface area contributed by atoms with E-state index in [-0.39, 0.29) is 0 Å². The highest BCUT2D eigenvalue weighted by molar-refractivity contribution is 7.80. The monoisotopic (exact) mass is 219 g/mol. The maximum Gasteiger partial charge on any atom is 0.0431 e. The standard InChI is InChI=1S/C11H25NOS/c1-12(8-4-2-6-10-13)9-5-3-7-11-14/h13-14H,2-11H2,1H3. The molecule has 0 radical (unpaired) electrons. The first kappa shape index (κ1) is 14.3. The van der Waals surface area contributed by atoms with Gasteiger partial charge in [-0.25, -0.2) is 0 Å². The van der Waals surface area contributed by atoms with Crippen molar-refractivity contribution in [3.63, 3.8) is 0 Å². The minimum atomic E-state index is 0.339. The van der Waals surface area contributed by atoms with Crippen LogP contribution in [0.1, 0.15) is 38.5 Å². The molecule has 14 heavy (non-hydrogen) atoms. The third-order valence-corrected chi connectivity index (χ3v) is 2.71. The number of aliphatic hydroxyl groups excluding tert-OH is 1. The van der Waals surface area contributed by atoms with Crippen LogP contribution < -0.4 is 0 Å². The van der Waals surface area contributed by atoms with E-state index < -0.39 is 0 Å². The van der Waals surface area contributed by atoms with Crippen LogP contribution in [-0.2, 0) is 0 Å². The number of hydrogen-bond acceptors (Lipinski definition) is 3. The molecule has 0 saturated heterocycles. The number of aliphatic hydroxyl groups is 1. The van der Waals surface area contributed by atoms with E-state index in [1.54, 1.807) is 0 Å². The van der Waals surface area contributed by atoms with Gasteiger partial charge in [0, 0.05) is 6.61 Å². The molecule has 0 fully saturated rings. The van der Waals surface area contributed by atoms with Crippen molar-refractivity contribution in [2.45, 2.75) is 38.5 Å². The van der Waals surface area contributed by atoms with Crippen molar-refractivity contribution in [1.29, 1.82) is 0 Å². The Morgan fingerprint density at radius 3 is 2.00 bits per heavy atom. The van der Waals surface area contributed by atoms with Gasteiger partial charge in [0.2, 0.25) is 0 Å². The van der Waals surface area contributed by atoms with E-state index in [9.17, 15) is 0 Å². The fourth-order valence-electron chi connectivity index (χ4n) is 1.45. The maximum absolute atomic E-state index is 8.61. The summed E-state index contributed by atoms with van der Waals surface area (Å²) < 4.78 is 0. The third-order valence-electron chi connectivity index (χ3n) is 2.40. The van der Waals surface area contributed by atoms with E-state index in [0.717, 1.165) is 18.6 Å². The summed E-state index contributed by atoms with van der Waals surface area (Å²) >= 11 is 4.19. The zero-order chi connectivity index (χ0) is 10.6. The van der Waals surface area contributed by atoms with Crippen molar-refractivity contribution in [3.8, 4) is 0 Å². The second kappa shape index (κ2) is 11.3. The van der Waals surface area contributed by atoms with E-state index in [1.165, 1.54) is 38.8 Å². The van der Waals surface area contributed by atoms with Gasteiger partial charge in [-0.3, -0.25) is 0 Å². The Kier molecular flexibility index (Phi) is 11.6. The molecule has 86 valence electrons. The number of unbranched alkanes of at least 4 members (excludes halogenated alkanes) is 4. The molecule has 0 rings (SSSR count). The molecule has 0 atom stereocenters. The second-order valence-corrected chi connectivity index (χ2v) is 4.32. The summed E-state index contributed by atoms with van der Waals surface area (Å²) in [5, 5.41) is 8.61. The quantitative estimate of drug-likeness (QED) is 0.434. The van der Waals surface area contributed by atoms with Crippen molar-refractivity contribution in [2.24, 2.45) is 0 Å². The molecule has 3 heteroatoms. The van der Waals surface area contributed by atoms with Crippen molar-refractivity contribution in [2.75, 3.05) is 32.5 Å². The van der Waals surface area contributed by atoms with Crippen LogP contribution in [0.3, 0.4) is 0 Å². The Bertz CT molecular complexity index is 99.5. The van der Waals surface area contributed by atoms with E-state index in [2.05, 4.69) is 24.6 Å². The zero-order valence-electron chi connectivity index (χ0n) is 9.41. The Hall–Kier alpha value is 0.270. The van der Waals surface area contributed by atoms with Gasteiger partial charge in [0.05, 0.1) is 0 Å². The van der Waals surface area contributed by atoms with Gasteiger partial charge in [-0.05, 0) is 58.0 Å². The van der Waals surface area contributed by atoms with E-state index in [1.807, 2.05) is 0 Å². The van der Waals surface area contributed by atoms with Crippen LogP contribution in [0.25, 0.3) is 0 Å². The SMILES string of the molecule is CN(CCCCCO)CCCCCS. The largest absolute Gasteiger partial charge is 0.396 e. The smallest absolute Gasteiger partial charge is 0.0431 e. The van der Waals surface area contributed by atoms with Gasteiger partial charge >= 0.3 is 0 Å². The topological polar surface area (TPSA) is 23.5 Å². The molecule has 0 unspecified atom stereocenters. The van der Waals surface area contributed by atoms with Crippen LogP contribution in [0.2, 0.25) is 0 Å². The lowest BCUT2D eigenvalue weighted by atomic mass is 10.2. The molecule has 0 aliphatic heterocycles. The molecule has 0 aliphatic rings. The predicted octanol–water partition coefficient (Wildman–Crippen LogP) is 2.18. The van der Waals surface area contributed by atoms with Crippen LogP contribution >= 0.6 is 12.6 Å². The van der Waals surface area contributed by atoms with Crippen molar-refractivity contribution in [1.82, 2.24) is 4.90 Å². The van der Waals surface area contributed by atoms with Gasteiger partial charge in [0.1, 0.15) is 0 Å². The zero-order valence-corrected chi connectivity index (χ0v) is 10.3. The lowest BCUT2D eigenvalue weighted by Crippen LogP contribution is -2.20. The van der Waals surface area contributed by atoms with E-state index in [0.29, 0.717) is 6.61 Å². The summed E-state index contributed by atoms with van der Waals surface area (Å²) in [6.07, 6.45) is 7.14. The number of thiol groups is 1. The second-order valence-electron chi connectivity index (χ2n) is 3.87. The Morgan fingerprint density at radius 2 is 1.50 bits per heavy atom. The molecule has 1 N–H and O–H groups in total. The number of hydrogen-bond donors (Lipinski definition) is 2. The molecule has 0 aromatic rings. The summed E-state index contributed by atoms with van der Waals surface area (Å²) in [5.74, 6) is 1.01.